The van der Waals surface area contributed by atoms with E-state index in [2.05, 4.69) is 17.2 Å². The molecular formula is C15H18N4O3. The van der Waals surface area contributed by atoms with Crippen LogP contribution in [0.2, 0.25) is 0 Å². The normalized spacial score (nSPS) is 10.4. The summed E-state index contributed by atoms with van der Waals surface area (Å²) in [4.78, 5) is 25.0. The van der Waals surface area contributed by atoms with Crippen LogP contribution >= 0.6 is 0 Å². The van der Waals surface area contributed by atoms with Crippen LogP contribution in [0.3, 0.4) is 0 Å². The van der Waals surface area contributed by atoms with E-state index >= 15 is 0 Å². The van der Waals surface area contributed by atoms with Crippen LogP contribution in [0.4, 0.5) is 5.69 Å². The Labute approximate surface area is 128 Å². The number of amides is 1. The van der Waals surface area contributed by atoms with E-state index in [4.69, 9.17) is 5.11 Å². The smallest absolute Gasteiger partial charge is 0.358 e. The van der Waals surface area contributed by atoms with Crippen LogP contribution in [0, 0.1) is 0 Å². The molecule has 2 aromatic rings. The van der Waals surface area contributed by atoms with Gasteiger partial charge in [-0.3, -0.25) is 4.79 Å². The summed E-state index contributed by atoms with van der Waals surface area (Å²) in [6.07, 6.45) is 3.12. The predicted octanol–water partition coefficient (Wildman–Crippen LogP) is 1.81. The van der Waals surface area contributed by atoms with Gasteiger partial charge in [0.25, 0.3) is 0 Å². The highest BCUT2D eigenvalue weighted by molar-refractivity contribution is 5.93. The van der Waals surface area contributed by atoms with Gasteiger partial charge in [0.1, 0.15) is 6.54 Å². The number of unbranched alkanes of at least 4 members (excludes halogenated alkanes) is 1. The first kappa shape index (κ1) is 15.7. The monoisotopic (exact) mass is 302 g/mol. The summed E-state index contributed by atoms with van der Waals surface area (Å²) >= 11 is 0. The number of hydrogen-bond donors (Lipinski definition) is 1. The number of nitrogens with zero attached hydrogens (tertiary/aromatic N) is 4. The number of aromatic carboxylic acids is 1. The SMILES string of the molecule is CCCCN(C(=O)Cn1cc(C(=O)O)nn1)c1ccccc1. The summed E-state index contributed by atoms with van der Waals surface area (Å²) in [6.45, 7) is 2.63. The summed E-state index contributed by atoms with van der Waals surface area (Å²) in [5, 5.41) is 16.0. The zero-order chi connectivity index (χ0) is 15.9. The molecule has 0 atom stereocenters. The first-order valence-electron chi connectivity index (χ1n) is 7.10. The van der Waals surface area contributed by atoms with Crippen LogP contribution in [0.15, 0.2) is 36.5 Å². The molecule has 1 aromatic carbocycles. The molecule has 0 aliphatic rings. The van der Waals surface area contributed by atoms with Crippen molar-refractivity contribution >= 4 is 17.6 Å². The van der Waals surface area contributed by atoms with E-state index in [0.717, 1.165) is 18.5 Å². The first-order valence-corrected chi connectivity index (χ1v) is 7.10. The molecule has 0 fully saturated rings. The second-order valence-electron chi connectivity index (χ2n) is 4.84. The van der Waals surface area contributed by atoms with Gasteiger partial charge < -0.3 is 10.0 Å². The van der Waals surface area contributed by atoms with E-state index in [-0.39, 0.29) is 18.1 Å². The predicted molar refractivity (Wildman–Crippen MR) is 80.7 cm³/mol. The van der Waals surface area contributed by atoms with E-state index in [1.807, 2.05) is 30.3 Å². The standard InChI is InChI=1S/C15H18N4O3/c1-2-3-9-19(12-7-5-4-6-8-12)14(20)11-18-10-13(15(21)22)16-17-18/h4-8,10H,2-3,9,11H2,1H3,(H,21,22). The number of para-hydroxylation sites is 1. The number of anilines is 1. The van der Waals surface area contributed by atoms with Crippen molar-refractivity contribution in [1.29, 1.82) is 0 Å². The Kier molecular flexibility index (Phi) is 5.24. The maximum Gasteiger partial charge on any atom is 0.358 e. The lowest BCUT2D eigenvalue weighted by atomic mass is 10.2. The molecule has 0 saturated heterocycles. The van der Waals surface area contributed by atoms with Gasteiger partial charge in [0.15, 0.2) is 5.69 Å². The van der Waals surface area contributed by atoms with E-state index in [0.29, 0.717) is 6.54 Å². The zero-order valence-electron chi connectivity index (χ0n) is 12.3. The fraction of sp³-hybridized carbons (Fsp3) is 0.333. The molecule has 1 heterocycles. The molecule has 7 heteroatoms. The van der Waals surface area contributed by atoms with Gasteiger partial charge in [0.05, 0.1) is 6.20 Å². The molecule has 22 heavy (non-hydrogen) atoms. The molecule has 0 aliphatic heterocycles. The number of carboxylic acids is 1. The van der Waals surface area contributed by atoms with Crippen LogP contribution in [0.5, 0.6) is 0 Å². The molecule has 116 valence electrons. The topological polar surface area (TPSA) is 88.3 Å². The number of carbonyl (C=O) groups excluding carboxylic acids is 1. The van der Waals surface area contributed by atoms with Gasteiger partial charge in [-0.05, 0) is 18.6 Å². The largest absolute Gasteiger partial charge is 0.476 e. The second-order valence-corrected chi connectivity index (χ2v) is 4.84. The maximum absolute atomic E-state index is 12.5. The summed E-state index contributed by atoms with van der Waals surface area (Å²) in [7, 11) is 0. The van der Waals surface area contributed by atoms with Crippen molar-refractivity contribution in [1.82, 2.24) is 15.0 Å². The Bertz CT molecular complexity index is 639. The molecule has 1 aromatic heterocycles. The highest BCUT2D eigenvalue weighted by Gasteiger charge is 2.17. The third-order valence-corrected chi connectivity index (χ3v) is 3.16. The van der Waals surface area contributed by atoms with Crippen molar-refractivity contribution in [2.75, 3.05) is 11.4 Å². The number of benzene rings is 1. The molecule has 0 bridgehead atoms. The van der Waals surface area contributed by atoms with Crippen LogP contribution in [0.25, 0.3) is 0 Å². The average molecular weight is 302 g/mol. The van der Waals surface area contributed by atoms with Crippen molar-refractivity contribution in [3.05, 3.63) is 42.2 Å². The van der Waals surface area contributed by atoms with Gasteiger partial charge >= 0.3 is 5.97 Å². The quantitative estimate of drug-likeness (QED) is 0.842. The lowest BCUT2D eigenvalue weighted by molar-refractivity contribution is -0.119. The minimum atomic E-state index is -1.16. The Morgan fingerprint density at radius 1 is 1.27 bits per heavy atom. The number of carboxylic acid groups (broad SMARTS) is 1. The first-order chi connectivity index (χ1) is 10.6. The molecule has 1 N–H and O–H groups in total. The third-order valence-electron chi connectivity index (χ3n) is 3.16. The Morgan fingerprint density at radius 2 is 2.00 bits per heavy atom. The van der Waals surface area contributed by atoms with Crippen molar-refractivity contribution in [2.45, 2.75) is 26.3 Å². The molecule has 0 spiro atoms. The summed E-state index contributed by atoms with van der Waals surface area (Å²) in [5.41, 5.74) is 0.646. The minimum absolute atomic E-state index is 0.0428. The van der Waals surface area contributed by atoms with Gasteiger partial charge in [-0.25, -0.2) is 9.48 Å². The number of carbonyl (C=O) groups is 2. The molecule has 1 amide bonds. The van der Waals surface area contributed by atoms with Crippen LogP contribution in [0.1, 0.15) is 30.3 Å². The van der Waals surface area contributed by atoms with Crippen LogP contribution < -0.4 is 4.90 Å². The average Bonchev–Trinajstić information content (AvgIpc) is 2.97. The summed E-state index contributed by atoms with van der Waals surface area (Å²) in [6, 6.07) is 9.39. The summed E-state index contributed by atoms with van der Waals surface area (Å²) in [5.74, 6) is -1.31. The highest BCUT2D eigenvalue weighted by Crippen LogP contribution is 2.15. The number of hydrogen-bond acceptors (Lipinski definition) is 4. The number of aromatic nitrogens is 3. The Hall–Kier alpha value is -2.70. The fourth-order valence-corrected chi connectivity index (χ4v) is 2.02. The van der Waals surface area contributed by atoms with E-state index < -0.39 is 5.97 Å². The third kappa shape index (κ3) is 3.91. The van der Waals surface area contributed by atoms with Crippen molar-refractivity contribution < 1.29 is 14.7 Å². The lowest BCUT2D eigenvalue weighted by Gasteiger charge is -2.22. The Balaban J connectivity index is 2.12. The van der Waals surface area contributed by atoms with E-state index in [1.54, 1.807) is 4.90 Å². The van der Waals surface area contributed by atoms with Crippen LogP contribution in [-0.2, 0) is 11.3 Å². The molecule has 0 saturated carbocycles. The van der Waals surface area contributed by atoms with Gasteiger partial charge in [-0.1, -0.05) is 36.8 Å². The molecule has 0 aliphatic carbocycles. The second kappa shape index (κ2) is 7.35. The molecule has 0 radical (unpaired) electrons. The molecule has 2 rings (SSSR count). The Morgan fingerprint density at radius 3 is 2.59 bits per heavy atom. The van der Waals surface area contributed by atoms with Gasteiger partial charge in [0, 0.05) is 12.2 Å². The van der Waals surface area contributed by atoms with Gasteiger partial charge in [-0.15, -0.1) is 5.10 Å². The van der Waals surface area contributed by atoms with E-state index in [9.17, 15) is 9.59 Å². The fourth-order valence-electron chi connectivity index (χ4n) is 2.02. The molecule has 7 nitrogen and oxygen atoms in total. The van der Waals surface area contributed by atoms with Crippen molar-refractivity contribution in [3.63, 3.8) is 0 Å². The highest BCUT2D eigenvalue weighted by atomic mass is 16.4. The van der Waals surface area contributed by atoms with Gasteiger partial charge in [-0.2, -0.15) is 0 Å². The maximum atomic E-state index is 12.5. The zero-order valence-corrected chi connectivity index (χ0v) is 12.3. The number of rotatable bonds is 7. The molecular weight excluding hydrogens is 284 g/mol. The van der Waals surface area contributed by atoms with Crippen molar-refractivity contribution in [2.24, 2.45) is 0 Å². The van der Waals surface area contributed by atoms with E-state index in [1.165, 1.54) is 10.9 Å². The van der Waals surface area contributed by atoms with Crippen molar-refractivity contribution in [3.8, 4) is 0 Å². The molecule has 0 unspecified atom stereocenters. The lowest BCUT2D eigenvalue weighted by Crippen LogP contribution is -2.34. The minimum Gasteiger partial charge on any atom is -0.476 e. The van der Waals surface area contributed by atoms with Crippen LogP contribution in [-0.4, -0.2) is 38.5 Å². The summed E-state index contributed by atoms with van der Waals surface area (Å²) < 4.78 is 1.24. The van der Waals surface area contributed by atoms with Gasteiger partial charge in [0.2, 0.25) is 5.91 Å².